The van der Waals surface area contributed by atoms with Crippen LogP contribution in [0.25, 0.3) is 45.4 Å². The van der Waals surface area contributed by atoms with Crippen molar-refractivity contribution in [1.82, 2.24) is 4.98 Å². The zero-order valence-corrected chi connectivity index (χ0v) is 22.1. The summed E-state index contributed by atoms with van der Waals surface area (Å²) in [5.74, 6) is -0.0625. The van der Waals surface area contributed by atoms with E-state index in [0.717, 1.165) is 38.9 Å². The standard InChI is InChI=1S/C23H12NO2S.C5H8O2.Ir/c25-27(26)20-9-2-1-6-17(20)23-16(7-4-10-21(23)27)19-13-15-12-11-14-5-3-8-18(24-19)22(14)15;1-4(6)3-5(2)7;/h1-6,8-13H;3,6H,1-2H3;/q-1;;. The van der Waals surface area contributed by atoms with Crippen LogP contribution in [0.5, 0.6) is 0 Å². The van der Waals surface area contributed by atoms with E-state index in [-0.39, 0.29) is 31.6 Å². The van der Waals surface area contributed by atoms with E-state index in [0.29, 0.717) is 15.4 Å². The molecule has 2 aliphatic rings. The second-order valence-corrected chi connectivity index (χ2v) is 10.0. The van der Waals surface area contributed by atoms with E-state index in [1.807, 2.05) is 30.3 Å². The van der Waals surface area contributed by atoms with E-state index >= 15 is 0 Å². The first kappa shape index (κ1) is 24.7. The summed E-state index contributed by atoms with van der Waals surface area (Å²) in [5, 5.41) is 9.50. The number of ketones is 1. The van der Waals surface area contributed by atoms with Gasteiger partial charge in [0, 0.05) is 31.6 Å². The molecule has 6 rings (SSSR count). The number of nitrogens with zero attached hydrogens (tertiary/aromatic N) is 1. The molecule has 1 aliphatic carbocycles. The first-order valence-corrected chi connectivity index (χ1v) is 12.1. The van der Waals surface area contributed by atoms with Crippen molar-refractivity contribution in [3.63, 3.8) is 0 Å². The number of allylic oxidation sites excluding steroid dienone is 2. The van der Waals surface area contributed by atoms with Crippen LogP contribution >= 0.6 is 0 Å². The van der Waals surface area contributed by atoms with Crippen molar-refractivity contribution >= 4 is 38.7 Å². The maximum Gasteiger partial charge on any atom is 0.189 e. The van der Waals surface area contributed by atoms with Crippen molar-refractivity contribution in [3.05, 3.63) is 89.7 Å². The van der Waals surface area contributed by atoms with Crippen LogP contribution < -0.4 is 0 Å². The zero-order valence-electron chi connectivity index (χ0n) is 18.9. The smallest absolute Gasteiger partial charge is 0.189 e. The summed E-state index contributed by atoms with van der Waals surface area (Å²) >= 11 is 0. The number of hydrogen-bond donors (Lipinski definition) is 1. The second kappa shape index (κ2) is 9.34. The van der Waals surface area contributed by atoms with Crippen LogP contribution in [-0.4, -0.2) is 24.3 Å². The molecule has 35 heavy (non-hydrogen) atoms. The van der Waals surface area contributed by atoms with Crippen LogP contribution in [0.2, 0.25) is 0 Å². The molecule has 1 aromatic heterocycles. The van der Waals surface area contributed by atoms with Crippen molar-refractivity contribution in [2.24, 2.45) is 0 Å². The van der Waals surface area contributed by atoms with E-state index < -0.39 is 9.84 Å². The molecule has 3 aromatic carbocycles. The van der Waals surface area contributed by atoms with Crippen molar-refractivity contribution in [3.8, 4) is 22.4 Å². The Bertz CT molecular complexity index is 1670. The van der Waals surface area contributed by atoms with Crippen LogP contribution in [0.15, 0.2) is 82.3 Å². The fraction of sp³-hybridized carbons (Fsp3) is 0.0714. The number of aliphatic hydroxyl groups excluding tert-OH is 1. The fourth-order valence-corrected chi connectivity index (χ4v) is 6.10. The number of fused-ring (bicyclic) bond motifs is 3. The summed E-state index contributed by atoms with van der Waals surface area (Å²) in [6, 6.07) is 21.8. The van der Waals surface area contributed by atoms with E-state index in [1.165, 1.54) is 19.9 Å². The summed E-state index contributed by atoms with van der Waals surface area (Å²) in [7, 11) is -3.51. The minimum Gasteiger partial charge on any atom is -0.512 e. The molecule has 0 unspecified atom stereocenters. The van der Waals surface area contributed by atoms with Gasteiger partial charge in [-0.25, -0.2) is 8.42 Å². The Kier molecular flexibility index (Phi) is 6.60. The molecule has 0 fully saturated rings. The molecule has 0 amide bonds. The molecule has 0 bridgehead atoms. The van der Waals surface area contributed by atoms with Gasteiger partial charge < -0.3 is 5.11 Å². The normalized spacial score (nSPS) is 13.9. The van der Waals surface area contributed by atoms with Gasteiger partial charge >= 0.3 is 0 Å². The molecular formula is C28H20IrNO4S-. The van der Waals surface area contributed by atoms with Gasteiger partial charge in [-0.15, -0.1) is 23.8 Å². The first-order chi connectivity index (χ1) is 16.3. The first-order valence-electron chi connectivity index (χ1n) is 10.7. The van der Waals surface area contributed by atoms with E-state index in [2.05, 4.69) is 24.3 Å². The third-order valence-corrected chi connectivity index (χ3v) is 7.56. The predicted octanol–water partition coefficient (Wildman–Crippen LogP) is 6.03. The summed E-state index contributed by atoms with van der Waals surface area (Å²) in [5.41, 5.74) is 6.06. The van der Waals surface area contributed by atoms with Gasteiger partial charge in [0.25, 0.3) is 0 Å². The van der Waals surface area contributed by atoms with E-state index in [9.17, 15) is 13.2 Å². The SMILES string of the molecule is CC(=O)C=C(C)O.O=S1(=O)c2ccccc2-c2c(-c3cc4c5c(cccc5n3)C=C4)[c-]ccc21.[Ir]. The Morgan fingerprint density at radius 1 is 0.971 bits per heavy atom. The Morgan fingerprint density at radius 3 is 2.43 bits per heavy atom. The summed E-state index contributed by atoms with van der Waals surface area (Å²) in [6.45, 7) is 2.85. The minimum atomic E-state index is -3.51. The zero-order chi connectivity index (χ0) is 24.0. The number of rotatable bonds is 2. The van der Waals surface area contributed by atoms with Gasteiger partial charge in [-0.2, -0.15) is 0 Å². The molecule has 1 N–H and O–H groups in total. The maximum atomic E-state index is 13.0. The number of carbonyl (C=O) groups excluding carboxylic acids is 1. The number of pyridine rings is 1. The molecule has 0 saturated carbocycles. The Morgan fingerprint density at radius 2 is 1.71 bits per heavy atom. The Balaban J connectivity index is 0.000000320. The monoisotopic (exact) mass is 659 g/mol. The van der Waals surface area contributed by atoms with Crippen molar-refractivity contribution in [2.45, 2.75) is 23.6 Å². The molecule has 177 valence electrons. The molecule has 2 heterocycles. The van der Waals surface area contributed by atoms with Crippen LogP contribution in [0.3, 0.4) is 0 Å². The molecular weight excluding hydrogens is 639 g/mol. The van der Waals surface area contributed by atoms with Crippen LogP contribution in [-0.2, 0) is 34.7 Å². The fourth-order valence-electron chi connectivity index (χ4n) is 4.42. The average molecular weight is 659 g/mol. The number of sulfone groups is 1. The van der Waals surface area contributed by atoms with Crippen molar-refractivity contribution in [1.29, 1.82) is 0 Å². The third kappa shape index (κ3) is 4.27. The second-order valence-electron chi connectivity index (χ2n) is 8.16. The summed E-state index contributed by atoms with van der Waals surface area (Å²) in [4.78, 5) is 15.5. The summed E-state index contributed by atoms with van der Waals surface area (Å²) in [6.07, 6.45) is 5.33. The van der Waals surface area contributed by atoms with Crippen LogP contribution in [0.1, 0.15) is 25.0 Å². The van der Waals surface area contributed by atoms with Gasteiger partial charge in [0.05, 0.1) is 16.2 Å². The van der Waals surface area contributed by atoms with Gasteiger partial charge in [-0.3, -0.25) is 9.78 Å². The number of aromatic nitrogens is 1. The number of carbonyl (C=O) groups is 1. The minimum absolute atomic E-state index is 0. The summed E-state index contributed by atoms with van der Waals surface area (Å²) < 4.78 is 25.9. The number of hydrogen-bond acceptors (Lipinski definition) is 5. The Labute approximate surface area is 217 Å². The third-order valence-electron chi connectivity index (χ3n) is 5.70. The number of benzene rings is 3. The van der Waals surface area contributed by atoms with Gasteiger partial charge in [0.15, 0.2) is 15.6 Å². The molecule has 5 nitrogen and oxygen atoms in total. The largest absolute Gasteiger partial charge is 0.512 e. The van der Waals surface area contributed by atoms with Gasteiger partial charge in [-0.05, 0) is 53.3 Å². The Hall–Kier alpha value is -3.38. The molecule has 0 saturated heterocycles. The predicted molar refractivity (Wildman–Crippen MR) is 133 cm³/mol. The number of aliphatic hydroxyl groups is 1. The van der Waals surface area contributed by atoms with E-state index in [1.54, 1.807) is 24.3 Å². The topological polar surface area (TPSA) is 84.3 Å². The molecule has 0 spiro atoms. The van der Waals surface area contributed by atoms with Gasteiger partial charge in [-0.1, -0.05) is 54.1 Å². The van der Waals surface area contributed by atoms with Gasteiger partial charge in [0.2, 0.25) is 0 Å². The molecule has 1 radical (unpaired) electrons. The molecule has 7 heteroatoms. The molecule has 1 aliphatic heterocycles. The van der Waals surface area contributed by atoms with Crippen molar-refractivity contribution in [2.75, 3.05) is 0 Å². The van der Waals surface area contributed by atoms with E-state index in [4.69, 9.17) is 10.1 Å². The molecule has 0 atom stereocenters. The van der Waals surface area contributed by atoms with Crippen LogP contribution in [0.4, 0.5) is 0 Å². The van der Waals surface area contributed by atoms with Crippen LogP contribution in [0, 0.1) is 6.07 Å². The quantitative estimate of drug-likeness (QED) is 0.140. The molecule has 4 aromatic rings. The average Bonchev–Trinajstić information content (AvgIpc) is 3.32. The van der Waals surface area contributed by atoms with Gasteiger partial charge in [0.1, 0.15) is 0 Å². The van der Waals surface area contributed by atoms with Crippen molar-refractivity contribution < 1.29 is 38.4 Å². The maximum absolute atomic E-state index is 13.0.